The molecule has 0 aliphatic carbocycles. The third-order valence-electron chi connectivity index (χ3n) is 10.9. The Hall–Kier alpha value is -4.79. The number of carbonyl (C=O) groups excluding carboxylic acids is 1. The Morgan fingerprint density at radius 3 is 2.19 bits per heavy atom. The van der Waals surface area contributed by atoms with Gasteiger partial charge in [-0.1, -0.05) is 23.8 Å². The molecule has 8 nitrogen and oxygen atoms in total. The zero-order valence-electron chi connectivity index (χ0n) is 31.7. The van der Waals surface area contributed by atoms with Crippen LogP contribution in [0.3, 0.4) is 0 Å². The van der Waals surface area contributed by atoms with Gasteiger partial charge >= 0.3 is 0 Å². The second-order valence-corrected chi connectivity index (χ2v) is 14.7. The summed E-state index contributed by atoms with van der Waals surface area (Å²) in [7, 11) is 9.36. The molecule has 272 valence electrons. The molecule has 0 saturated carbocycles. The van der Waals surface area contributed by atoms with E-state index in [-0.39, 0.29) is 24.3 Å². The second kappa shape index (κ2) is 14.7. The standard InChI is InChI=1S/C44H50N2O6/c1-26(2)17-33(47)20-31-23-39(48-6)40-24-32(31)21-37-42-30(14-16-46(37)5)22-41(49-7)43(50-8)44(42)52-38-25-35-29(18-27(38)3)13-15-45(4)36(35)19-28-9-11-34(51-40)12-10-28/h9-12,17-18,22-25,36-37H,13-16,19-21H2,1-8H3/t36-,37-/m0/s1. The van der Waals surface area contributed by atoms with Gasteiger partial charge in [0.2, 0.25) is 5.75 Å². The lowest BCUT2D eigenvalue weighted by Gasteiger charge is -2.38. The summed E-state index contributed by atoms with van der Waals surface area (Å²) in [5.41, 5.74) is 10.0. The molecule has 0 N–H and O–H groups in total. The number of rotatable bonds is 6. The first-order valence-electron chi connectivity index (χ1n) is 18.2. The van der Waals surface area contributed by atoms with Gasteiger partial charge in [0, 0.05) is 37.2 Å². The summed E-state index contributed by atoms with van der Waals surface area (Å²) in [6.07, 6.45) is 5.21. The first-order chi connectivity index (χ1) is 25.1. The van der Waals surface area contributed by atoms with Gasteiger partial charge < -0.3 is 23.7 Å². The number of methoxy groups -OCH3 is 3. The lowest BCUT2D eigenvalue weighted by molar-refractivity contribution is -0.114. The molecule has 0 radical (unpaired) electrons. The average Bonchev–Trinajstić information content (AvgIpc) is 3.11. The molecule has 8 rings (SSSR count). The molecule has 8 heteroatoms. The molecule has 4 heterocycles. The van der Waals surface area contributed by atoms with Gasteiger partial charge in [-0.2, -0.15) is 0 Å². The van der Waals surface area contributed by atoms with Crippen molar-refractivity contribution in [2.45, 2.75) is 65.0 Å². The topological polar surface area (TPSA) is 69.7 Å². The minimum absolute atomic E-state index is 0.0432. The summed E-state index contributed by atoms with van der Waals surface area (Å²) < 4.78 is 31.7. The zero-order valence-corrected chi connectivity index (χ0v) is 31.7. The first-order valence-corrected chi connectivity index (χ1v) is 18.2. The van der Waals surface area contributed by atoms with E-state index in [1.165, 1.54) is 16.7 Å². The molecular weight excluding hydrogens is 652 g/mol. The number of aryl methyl sites for hydroxylation is 1. The third kappa shape index (κ3) is 6.89. The quantitative estimate of drug-likeness (QED) is 0.185. The van der Waals surface area contributed by atoms with E-state index in [9.17, 15) is 4.79 Å². The van der Waals surface area contributed by atoms with Crippen LogP contribution in [0.2, 0.25) is 0 Å². The van der Waals surface area contributed by atoms with Crippen molar-refractivity contribution in [3.05, 3.63) is 111 Å². The van der Waals surface area contributed by atoms with Crippen molar-refractivity contribution in [3.63, 3.8) is 0 Å². The van der Waals surface area contributed by atoms with E-state index in [1.807, 2.05) is 32.0 Å². The molecule has 2 atom stereocenters. The molecular formula is C44H50N2O6. The summed E-state index contributed by atoms with van der Waals surface area (Å²) in [6, 6.07) is 19.1. The number of hydrogen-bond donors (Lipinski definition) is 0. The summed E-state index contributed by atoms with van der Waals surface area (Å²) in [5.74, 6) is 4.65. The number of fused-ring (bicyclic) bond motifs is 2. The van der Waals surface area contributed by atoms with Gasteiger partial charge in [0.05, 0.1) is 21.3 Å². The average molecular weight is 703 g/mol. The van der Waals surface area contributed by atoms with Gasteiger partial charge in [0.25, 0.3) is 0 Å². The van der Waals surface area contributed by atoms with Crippen LogP contribution in [0, 0.1) is 6.92 Å². The van der Waals surface area contributed by atoms with Gasteiger partial charge in [-0.25, -0.2) is 0 Å². The summed E-state index contributed by atoms with van der Waals surface area (Å²) in [5, 5.41) is 0. The number of benzene rings is 4. The highest BCUT2D eigenvalue weighted by Gasteiger charge is 2.35. The third-order valence-corrected chi connectivity index (χ3v) is 10.9. The van der Waals surface area contributed by atoms with Crippen LogP contribution in [0.5, 0.6) is 40.2 Å². The van der Waals surface area contributed by atoms with Crippen molar-refractivity contribution in [3.8, 4) is 40.2 Å². The molecule has 4 aliphatic rings. The Morgan fingerprint density at radius 2 is 1.50 bits per heavy atom. The number of likely N-dealkylation sites (N-methyl/N-ethyl adjacent to an activating group) is 2. The van der Waals surface area contributed by atoms with Gasteiger partial charge in [0.15, 0.2) is 28.8 Å². The van der Waals surface area contributed by atoms with Crippen LogP contribution in [0.1, 0.15) is 70.4 Å². The highest BCUT2D eigenvalue weighted by atomic mass is 16.5. The van der Waals surface area contributed by atoms with Gasteiger partial charge in [-0.05, 0) is 142 Å². The van der Waals surface area contributed by atoms with Crippen LogP contribution < -0.4 is 23.7 Å². The number of ether oxygens (including phenoxy) is 5. The fourth-order valence-corrected chi connectivity index (χ4v) is 8.15. The second-order valence-electron chi connectivity index (χ2n) is 14.7. The van der Waals surface area contributed by atoms with Crippen LogP contribution in [-0.2, 0) is 36.9 Å². The van der Waals surface area contributed by atoms with Crippen molar-refractivity contribution >= 4 is 5.78 Å². The predicted octanol–water partition coefficient (Wildman–Crippen LogP) is 8.54. The van der Waals surface area contributed by atoms with E-state index in [4.69, 9.17) is 23.7 Å². The molecule has 0 spiro atoms. The highest BCUT2D eigenvalue weighted by molar-refractivity contribution is 5.92. The number of nitrogens with zero attached hydrogens (tertiary/aromatic N) is 2. The molecule has 0 amide bonds. The summed E-state index contributed by atoms with van der Waals surface area (Å²) in [6.45, 7) is 7.85. The van der Waals surface area contributed by atoms with E-state index in [0.29, 0.717) is 35.2 Å². The normalized spacial score (nSPS) is 18.2. The molecule has 4 aromatic carbocycles. The fourth-order valence-electron chi connectivity index (χ4n) is 8.15. The van der Waals surface area contributed by atoms with Crippen molar-refractivity contribution in [1.29, 1.82) is 0 Å². The maximum absolute atomic E-state index is 13.3. The van der Waals surface area contributed by atoms with Crippen molar-refractivity contribution in [2.24, 2.45) is 0 Å². The maximum Gasteiger partial charge on any atom is 0.204 e. The highest BCUT2D eigenvalue weighted by Crippen LogP contribution is 2.51. The molecule has 4 aromatic rings. The number of allylic oxidation sites excluding steroid dienone is 2. The van der Waals surface area contributed by atoms with Gasteiger partial charge in [-0.3, -0.25) is 14.6 Å². The van der Waals surface area contributed by atoms with Crippen LogP contribution in [0.25, 0.3) is 0 Å². The minimum Gasteiger partial charge on any atom is -0.493 e. The fraction of sp³-hybridized carbons (Fsp3) is 0.386. The molecule has 52 heavy (non-hydrogen) atoms. The van der Waals surface area contributed by atoms with Gasteiger partial charge in [0.1, 0.15) is 11.5 Å². The summed E-state index contributed by atoms with van der Waals surface area (Å²) >= 11 is 0. The van der Waals surface area contributed by atoms with Crippen molar-refractivity contribution in [1.82, 2.24) is 9.80 Å². The van der Waals surface area contributed by atoms with Crippen molar-refractivity contribution < 1.29 is 28.5 Å². The Bertz CT molecular complexity index is 2030. The number of carbonyl (C=O) groups is 1. The van der Waals surface area contributed by atoms with Crippen LogP contribution in [0.4, 0.5) is 0 Å². The molecule has 6 bridgehead atoms. The largest absolute Gasteiger partial charge is 0.493 e. The minimum atomic E-state index is -0.105. The SMILES string of the molecule is COc1cc(CC(=O)C=C(C)C)c2cc1Oc1ccc(cc1)C[C@H]1c3cc(c(C)cc3CCN1C)Oc1c(OC)c(OC)cc3c1[C@H](C2)N(C)CC3. The molecule has 4 aliphatic heterocycles. The maximum atomic E-state index is 13.3. The molecule has 0 unspecified atom stereocenters. The Labute approximate surface area is 307 Å². The van der Waals surface area contributed by atoms with Gasteiger partial charge in [-0.15, -0.1) is 0 Å². The van der Waals surface area contributed by atoms with E-state index in [1.54, 1.807) is 27.4 Å². The number of ketones is 1. The predicted molar refractivity (Wildman–Crippen MR) is 204 cm³/mol. The smallest absolute Gasteiger partial charge is 0.204 e. The van der Waals surface area contributed by atoms with E-state index in [0.717, 1.165) is 77.2 Å². The Kier molecular flexibility index (Phi) is 10.1. The lowest BCUT2D eigenvalue weighted by Crippen LogP contribution is -2.34. The molecule has 0 fully saturated rings. The van der Waals surface area contributed by atoms with Crippen LogP contribution in [0.15, 0.2) is 66.2 Å². The van der Waals surface area contributed by atoms with Crippen molar-refractivity contribution in [2.75, 3.05) is 48.5 Å². The van der Waals surface area contributed by atoms with E-state index >= 15 is 0 Å². The lowest BCUT2D eigenvalue weighted by atomic mass is 9.85. The van der Waals surface area contributed by atoms with Crippen LogP contribution in [-0.4, -0.2) is 64.1 Å². The van der Waals surface area contributed by atoms with E-state index < -0.39 is 0 Å². The molecule has 0 aromatic heterocycles. The Balaban J connectivity index is 1.47. The monoisotopic (exact) mass is 702 g/mol. The number of hydrogen-bond acceptors (Lipinski definition) is 8. The van der Waals surface area contributed by atoms with E-state index in [2.05, 4.69) is 67.2 Å². The first kappa shape index (κ1) is 35.6. The zero-order chi connectivity index (χ0) is 36.7. The van der Waals surface area contributed by atoms with Crippen LogP contribution >= 0.6 is 0 Å². The molecule has 0 saturated heterocycles. The summed E-state index contributed by atoms with van der Waals surface area (Å²) in [4.78, 5) is 18.1. The Morgan fingerprint density at radius 1 is 0.788 bits per heavy atom.